The van der Waals surface area contributed by atoms with Gasteiger partial charge in [0.25, 0.3) is 8.32 Å². The molecular weight excluding hydrogens is 476 g/mol. The minimum absolute atomic E-state index is 0.146. The monoisotopic (exact) mass is 510 g/mol. The van der Waals surface area contributed by atoms with Gasteiger partial charge in [-0.1, -0.05) is 81.4 Å². The Bertz CT molecular complexity index is 1060. The van der Waals surface area contributed by atoms with Gasteiger partial charge in [-0.25, -0.2) is 4.79 Å². The van der Waals surface area contributed by atoms with Crippen molar-refractivity contribution < 1.29 is 19.1 Å². The number of methoxy groups -OCH3 is 1. The number of aliphatic hydroxyl groups is 1. The molecule has 8 heteroatoms. The molecule has 1 unspecified atom stereocenters. The van der Waals surface area contributed by atoms with Crippen LogP contribution in [-0.4, -0.2) is 61.8 Å². The van der Waals surface area contributed by atoms with E-state index in [9.17, 15) is 9.90 Å². The van der Waals surface area contributed by atoms with Crippen molar-refractivity contribution in [3.8, 4) is 0 Å². The number of hydrogen-bond acceptors (Lipinski definition) is 5. The molecule has 2 aromatic carbocycles. The molecule has 2 heterocycles. The van der Waals surface area contributed by atoms with Crippen LogP contribution in [0.5, 0.6) is 0 Å². The molecule has 2 aliphatic heterocycles. The summed E-state index contributed by atoms with van der Waals surface area (Å²) in [5.74, 6) is -0.448. The molecule has 1 fully saturated rings. The van der Waals surface area contributed by atoms with E-state index in [-0.39, 0.29) is 5.04 Å². The second kappa shape index (κ2) is 10.2. The third-order valence-corrected chi connectivity index (χ3v) is 12.3. The smallest absolute Gasteiger partial charge is 0.337 e. The molecule has 2 aromatic rings. The predicted molar refractivity (Wildman–Crippen MR) is 144 cm³/mol. The lowest BCUT2D eigenvalue weighted by atomic mass is 9.98. The molecule has 0 bridgehead atoms. The number of nitrogens with zero attached hydrogens (tertiary/aromatic N) is 1. The van der Waals surface area contributed by atoms with E-state index in [1.807, 2.05) is 17.0 Å². The Morgan fingerprint density at radius 1 is 1.11 bits per heavy atom. The zero-order chi connectivity index (χ0) is 25.2. The summed E-state index contributed by atoms with van der Waals surface area (Å²) in [4.78, 5) is 14.6. The molecule has 2 aliphatic rings. The maximum absolute atomic E-state index is 12.8. The minimum Gasteiger partial charge on any atom is -0.466 e. The SMILES string of the molecule is COC(=O)C1=C2[C@@H](O)CCN2C(=S)NC1CCO[Si](c1ccccc1)(c1ccccc1)C(C)(C)C. The maximum Gasteiger partial charge on any atom is 0.337 e. The average Bonchev–Trinajstić information content (AvgIpc) is 3.24. The summed E-state index contributed by atoms with van der Waals surface area (Å²) < 4.78 is 12.1. The minimum atomic E-state index is -2.70. The summed E-state index contributed by atoms with van der Waals surface area (Å²) in [7, 11) is -1.34. The van der Waals surface area contributed by atoms with Crippen molar-refractivity contribution in [3.63, 3.8) is 0 Å². The first-order valence-electron chi connectivity index (χ1n) is 12.0. The van der Waals surface area contributed by atoms with Gasteiger partial charge in [0.05, 0.1) is 30.5 Å². The number of aliphatic hydroxyl groups excluding tert-OH is 1. The highest BCUT2D eigenvalue weighted by atomic mass is 32.1. The van der Waals surface area contributed by atoms with Crippen LogP contribution in [-0.2, 0) is 14.0 Å². The first kappa shape index (κ1) is 25.6. The van der Waals surface area contributed by atoms with Crippen LogP contribution in [0.4, 0.5) is 0 Å². The number of nitrogens with one attached hydrogen (secondary N) is 1. The first-order valence-corrected chi connectivity index (χ1v) is 14.4. The second-order valence-corrected chi connectivity index (χ2v) is 14.7. The first-order chi connectivity index (χ1) is 16.7. The molecule has 2 atom stereocenters. The van der Waals surface area contributed by atoms with Gasteiger partial charge in [0, 0.05) is 13.2 Å². The third kappa shape index (κ3) is 4.68. The summed E-state index contributed by atoms with van der Waals surface area (Å²) in [6, 6.07) is 20.5. The van der Waals surface area contributed by atoms with Crippen molar-refractivity contribution in [2.45, 2.75) is 50.8 Å². The Balaban J connectivity index is 1.69. The molecule has 0 saturated carbocycles. The topological polar surface area (TPSA) is 71.0 Å². The van der Waals surface area contributed by atoms with Gasteiger partial charge in [-0.3, -0.25) is 0 Å². The van der Waals surface area contributed by atoms with Gasteiger partial charge in [-0.2, -0.15) is 0 Å². The highest BCUT2D eigenvalue weighted by molar-refractivity contribution is 7.80. The van der Waals surface area contributed by atoms with Gasteiger partial charge in [0.1, 0.15) is 0 Å². The van der Waals surface area contributed by atoms with E-state index < -0.39 is 26.4 Å². The molecule has 0 radical (unpaired) electrons. The standard InChI is InChI=1S/C27H34N2O4SSi/c1-27(2,3)35(19-11-7-5-8-12-19,20-13-9-6-10-14-20)33-18-16-21-23(25(31)32-4)24-22(30)15-17-29(24)26(34)28-21/h5-14,21-22,30H,15-18H2,1-4H3,(H,28,34)/t21?,22-/m0/s1. The number of hydrogen-bond donors (Lipinski definition) is 2. The van der Waals surface area contributed by atoms with Crippen LogP contribution in [0.2, 0.25) is 5.04 Å². The number of fused-ring (bicyclic) bond motifs is 1. The molecule has 186 valence electrons. The van der Waals surface area contributed by atoms with Crippen LogP contribution >= 0.6 is 12.2 Å². The lowest BCUT2D eigenvalue weighted by Crippen LogP contribution is -2.66. The third-order valence-electron chi connectivity index (χ3n) is 6.95. The molecule has 0 aliphatic carbocycles. The Morgan fingerprint density at radius 3 is 2.20 bits per heavy atom. The quantitative estimate of drug-likeness (QED) is 0.337. The molecule has 0 spiro atoms. The fourth-order valence-electron chi connectivity index (χ4n) is 5.37. The second-order valence-electron chi connectivity index (χ2n) is 10.0. The lowest BCUT2D eigenvalue weighted by molar-refractivity contribution is -0.136. The molecule has 35 heavy (non-hydrogen) atoms. The maximum atomic E-state index is 12.8. The van der Waals surface area contributed by atoms with Crippen molar-refractivity contribution in [1.82, 2.24) is 10.2 Å². The van der Waals surface area contributed by atoms with E-state index in [2.05, 4.69) is 74.6 Å². The number of ether oxygens (including phenoxy) is 1. The van der Waals surface area contributed by atoms with Crippen molar-refractivity contribution >= 4 is 42.0 Å². The predicted octanol–water partition coefficient (Wildman–Crippen LogP) is 2.70. The van der Waals surface area contributed by atoms with E-state index in [1.54, 1.807) is 0 Å². The zero-order valence-electron chi connectivity index (χ0n) is 20.8. The molecule has 2 N–H and O–H groups in total. The van der Waals surface area contributed by atoms with Gasteiger partial charge in [-0.15, -0.1) is 0 Å². The lowest BCUT2D eigenvalue weighted by Gasteiger charge is -2.43. The number of benzene rings is 2. The van der Waals surface area contributed by atoms with Gasteiger partial charge >= 0.3 is 5.97 Å². The number of rotatable bonds is 7. The normalized spacial score (nSPS) is 20.5. The van der Waals surface area contributed by atoms with Crippen LogP contribution < -0.4 is 15.7 Å². The largest absolute Gasteiger partial charge is 0.466 e. The number of carbonyl (C=O) groups excluding carboxylic acids is 1. The van der Waals surface area contributed by atoms with Gasteiger partial charge < -0.3 is 24.5 Å². The van der Waals surface area contributed by atoms with Gasteiger partial charge in [0.2, 0.25) is 0 Å². The van der Waals surface area contributed by atoms with Crippen LogP contribution in [0.1, 0.15) is 33.6 Å². The average molecular weight is 511 g/mol. The molecular formula is C27H34N2O4SSi. The fourth-order valence-corrected chi connectivity index (χ4v) is 10.3. The summed E-state index contributed by atoms with van der Waals surface area (Å²) in [6.07, 6.45) is 0.312. The van der Waals surface area contributed by atoms with Crippen molar-refractivity contribution in [2.24, 2.45) is 0 Å². The molecule has 0 amide bonds. The molecule has 6 nitrogen and oxygen atoms in total. The van der Waals surface area contributed by atoms with E-state index in [1.165, 1.54) is 17.5 Å². The number of carbonyl (C=O) groups is 1. The summed E-state index contributed by atoms with van der Waals surface area (Å²) in [5, 5.41) is 16.7. The Kier molecular flexibility index (Phi) is 7.47. The van der Waals surface area contributed by atoms with E-state index in [4.69, 9.17) is 21.4 Å². The Labute approximate surface area is 214 Å². The Hall–Kier alpha value is -2.52. The number of thiocarbonyl (C=S) groups is 1. The summed E-state index contributed by atoms with van der Waals surface area (Å²) >= 11 is 5.57. The van der Waals surface area contributed by atoms with Crippen molar-refractivity contribution in [1.29, 1.82) is 0 Å². The molecule has 1 saturated heterocycles. The van der Waals surface area contributed by atoms with Crippen molar-refractivity contribution in [3.05, 3.63) is 71.9 Å². The van der Waals surface area contributed by atoms with E-state index in [0.717, 1.165) is 0 Å². The van der Waals surface area contributed by atoms with Crippen LogP contribution in [0.3, 0.4) is 0 Å². The van der Waals surface area contributed by atoms with Crippen LogP contribution in [0.25, 0.3) is 0 Å². The zero-order valence-corrected chi connectivity index (χ0v) is 22.6. The molecule has 0 aromatic heterocycles. The van der Waals surface area contributed by atoms with Crippen LogP contribution in [0.15, 0.2) is 71.9 Å². The summed E-state index contributed by atoms with van der Waals surface area (Å²) in [6.45, 7) is 7.71. The summed E-state index contributed by atoms with van der Waals surface area (Å²) in [5.41, 5.74) is 1.01. The highest BCUT2D eigenvalue weighted by Gasteiger charge is 2.50. The highest BCUT2D eigenvalue weighted by Crippen LogP contribution is 2.37. The van der Waals surface area contributed by atoms with Gasteiger partial charge in [-0.05, 0) is 40.5 Å². The molecule has 4 rings (SSSR count). The van der Waals surface area contributed by atoms with E-state index >= 15 is 0 Å². The van der Waals surface area contributed by atoms with E-state index in [0.29, 0.717) is 42.4 Å². The van der Waals surface area contributed by atoms with Crippen molar-refractivity contribution in [2.75, 3.05) is 20.3 Å². The van der Waals surface area contributed by atoms with Crippen LogP contribution in [0, 0.1) is 0 Å². The van der Waals surface area contributed by atoms with Gasteiger partial charge in [0.15, 0.2) is 5.11 Å². The number of esters is 1. The fraction of sp³-hybridized carbons (Fsp3) is 0.407. The Morgan fingerprint density at radius 2 is 1.69 bits per heavy atom.